The minimum atomic E-state index is 0.707. The van der Waals surface area contributed by atoms with Crippen LogP contribution in [-0.4, -0.2) is 16.3 Å². The topological polar surface area (TPSA) is 53.6 Å². The fourth-order valence-electron chi connectivity index (χ4n) is 1.80. The zero-order valence-corrected chi connectivity index (χ0v) is 10.4. The normalized spacial score (nSPS) is 10.2. The SMILES string of the molecule is Cn1ccc(CCNCc2cccc(C#N)c2)n1. The first-order chi connectivity index (χ1) is 8.78. The Morgan fingerprint density at radius 2 is 2.28 bits per heavy atom. The summed E-state index contributed by atoms with van der Waals surface area (Å²) >= 11 is 0. The van der Waals surface area contributed by atoms with Gasteiger partial charge in [-0.05, 0) is 23.8 Å². The van der Waals surface area contributed by atoms with Gasteiger partial charge in [0.05, 0.1) is 17.3 Å². The first kappa shape index (κ1) is 12.3. The van der Waals surface area contributed by atoms with E-state index in [1.165, 1.54) is 0 Å². The highest BCUT2D eigenvalue weighted by Crippen LogP contribution is 2.03. The van der Waals surface area contributed by atoms with Crippen LogP contribution in [0.4, 0.5) is 0 Å². The standard InChI is InChI=1S/C14H16N4/c1-18-8-6-14(17-18)5-7-16-11-13-4-2-3-12(9-13)10-15/h2-4,6,8-9,16H,5,7,11H2,1H3. The molecule has 4 heteroatoms. The van der Waals surface area contributed by atoms with Crippen molar-refractivity contribution in [3.05, 3.63) is 53.3 Å². The average Bonchev–Trinajstić information content (AvgIpc) is 2.81. The molecule has 1 aromatic heterocycles. The Labute approximate surface area is 107 Å². The second-order valence-corrected chi connectivity index (χ2v) is 4.22. The number of nitriles is 1. The van der Waals surface area contributed by atoms with Crippen molar-refractivity contribution in [1.29, 1.82) is 5.26 Å². The molecule has 0 atom stereocenters. The minimum Gasteiger partial charge on any atom is -0.312 e. The molecular weight excluding hydrogens is 224 g/mol. The first-order valence-electron chi connectivity index (χ1n) is 5.96. The van der Waals surface area contributed by atoms with Crippen LogP contribution in [0.1, 0.15) is 16.8 Å². The molecule has 1 N–H and O–H groups in total. The molecule has 0 unspecified atom stereocenters. The molecular formula is C14H16N4. The predicted octanol–water partition coefficient (Wildman–Crippen LogP) is 1.62. The van der Waals surface area contributed by atoms with E-state index in [9.17, 15) is 0 Å². The van der Waals surface area contributed by atoms with Crippen LogP contribution < -0.4 is 5.32 Å². The van der Waals surface area contributed by atoms with E-state index >= 15 is 0 Å². The summed E-state index contributed by atoms with van der Waals surface area (Å²) in [5, 5.41) is 16.5. The molecule has 1 aromatic carbocycles. The fraction of sp³-hybridized carbons (Fsp3) is 0.286. The number of hydrogen-bond donors (Lipinski definition) is 1. The molecule has 0 aliphatic carbocycles. The van der Waals surface area contributed by atoms with Gasteiger partial charge in [-0.2, -0.15) is 10.4 Å². The predicted molar refractivity (Wildman–Crippen MR) is 69.8 cm³/mol. The van der Waals surface area contributed by atoms with Gasteiger partial charge in [0.2, 0.25) is 0 Å². The summed E-state index contributed by atoms with van der Waals surface area (Å²) in [6.07, 6.45) is 2.87. The number of nitrogens with zero attached hydrogens (tertiary/aromatic N) is 3. The third kappa shape index (κ3) is 3.44. The highest BCUT2D eigenvalue weighted by atomic mass is 15.2. The van der Waals surface area contributed by atoms with Crippen molar-refractivity contribution in [1.82, 2.24) is 15.1 Å². The lowest BCUT2D eigenvalue weighted by atomic mass is 10.1. The number of hydrogen-bond acceptors (Lipinski definition) is 3. The van der Waals surface area contributed by atoms with Crippen LogP contribution in [-0.2, 0) is 20.0 Å². The van der Waals surface area contributed by atoms with E-state index in [2.05, 4.69) is 16.5 Å². The zero-order valence-electron chi connectivity index (χ0n) is 10.4. The highest BCUT2D eigenvalue weighted by Gasteiger charge is 1.98. The lowest BCUT2D eigenvalue weighted by molar-refractivity contribution is 0.665. The monoisotopic (exact) mass is 240 g/mol. The lowest BCUT2D eigenvalue weighted by Gasteiger charge is -2.04. The van der Waals surface area contributed by atoms with E-state index in [4.69, 9.17) is 5.26 Å². The maximum absolute atomic E-state index is 8.80. The Kier molecular flexibility index (Phi) is 4.11. The number of aryl methyl sites for hydroxylation is 1. The van der Waals surface area contributed by atoms with Gasteiger partial charge in [0.15, 0.2) is 0 Å². The van der Waals surface area contributed by atoms with Gasteiger partial charge in [0, 0.05) is 32.8 Å². The molecule has 0 fully saturated rings. The van der Waals surface area contributed by atoms with E-state index < -0.39 is 0 Å². The summed E-state index contributed by atoms with van der Waals surface area (Å²) < 4.78 is 1.81. The molecule has 0 spiro atoms. The smallest absolute Gasteiger partial charge is 0.0991 e. The van der Waals surface area contributed by atoms with Crippen molar-refractivity contribution in [2.75, 3.05) is 6.54 Å². The van der Waals surface area contributed by atoms with Crippen LogP contribution in [0.25, 0.3) is 0 Å². The van der Waals surface area contributed by atoms with Crippen LogP contribution >= 0.6 is 0 Å². The van der Waals surface area contributed by atoms with E-state index in [1.807, 2.05) is 48.3 Å². The molecule has 2 rings (SSSR count). The zero-order chi connectivity index (χ0) is 12.8. The molecule has 0 aliphatic rings. The van der Waals surface area contributed by atoms with E-state index in [0.717, 1.165) is 30.8 Å². The summed E-state index contributed by atoms with van der Waals surface area (Å²) in [5.41, 5.74) is 2.94. The van der Waals surface area contributed by atoms with Crippen LogP contribution in [0, 0.1) is 11.3 Å². The number of rotatable bonds is 5. The van der Waals surface area contributed by atoms with Crippen molar-refractivity contribution in [3.8, 4) is 6.07 Å². The third-order valence-electron chi connectivity index (χ3n) is 2.71. The quantitative estimate of drug-likeness (QED) is 0.808. The largest absolute Gasteiger partial charge is 0.312 e. The maximum atomic E-state index is 8.80. The molecule has 0 amide bonds. The third-order valence-corrected chi connectivity index (χ3v) is 2.71. The van der Waals surface area contributed by atoms with Gasteiger partial charge >= 0.3 is 0 Å². The second kappa shape index (κ2) is 5.99. The van der Waals surface area contributed by atoms with Crippen molar-refractivity contribution in [2.24, 2.45) is 7.05 Å². The van der Waals surface area contributed by atoms with Crippen molar-refractivity contribution < 1.29 is 0 Å². The maximum Gasteiger partial charge on any atom is 0.0991 e. The van der Waals surface area contributed by atoms with Crippen LogP contribution in [0.15, 0.2) is 36.5 Å². The van der Waals surface area contributed by atoms with Gasteiger partial charge in [0.25, 0.3) is 0 Å². The van der Waals surface area contributed by atoms with Gasteiger partial charge in [0.1, 0.15) is 0 Å². The van der Waals surface area contributed by atoms with Crippen LogP contribution in [0.3, 0.4) is 0 Å². The molecule has 0 radical (unpaired) electrons. The Morgan fingerprint density at radius 1 is 1.39 bits per heavy atom. The molecule has 1 heterocycles. The Bertz CT molecular complexity index is 551. The van der Waals surface area contributed by atoms with Crippen molar-refractivity contribution >= 4 is 0 Å². The van der Waals surface area contributed by atoms with Crippen LogP contribution in [0.5, 0.6) is 0 Å². The Balaban J connectivity index is 1.77. The number of aromatic nitrogens is 2. The van der Waals surface area contributed by atoms with Crippen molar-refractivity contribution in [3.63, 3.8) is 0 Å². The minimum absolute atomic E-state index is 0.707. The van der Waals surface area contributed by atoms with Crippen molar-refractivity contribution in [2.45, 2.75) is 13.0 Å². The first-order valence-corrected chi connectivity index (χ1v) is 5.96. The number of benzene rings is 1. The molecule has 92 valence electrons. The Hall–Kier alpha value is -2.12. The summed E-state index contributed by atoms with van der Waals surface area (Å²) in [4.78, 5) is 0. The Morgan fingerprint density at radius 3 is 3.00 bits per heavy atom. The van der Waals surface area contributed by atoms with E-state index in [-0.39, 0.29) is 0 Å². The van der Waals surface area contributed by atoms with E-state index in [1.54, 1.807) is 0 Å². The fourth-order valence-corrected chi connectivity index (χ4v) is 1.80. The lowest BCUT2D eigenvalue weighted by Crippen LogP contribution is -2.17. The summed E-state index contributed by atoms with van der Waals surface area (Å²) in [5.74, 6) is 0. The summed E-state index contributed by atoms with van der Waals surface area (Å²) in [7, 11) is 1.92. The van der Waals surface area contributed by atoms with Crippen LogP contribution in [0.2, 0.25) is 0 Å². The average molecular weight is 240 g/mol. The molecule has 2 aromatic rings. The van der Waals surface area contributed by atoms with E-state index in [0.29, 0.717) is 5.56 Å². The van der Waals surface area contributed by atoms with Gasteiger partial charge in [-0.15, -0.1) is 0 Å². The molecule has 0 saturated carbocycles. The number of nitrogens with one attached hydrogen (secondary N) is 1. The highest BCUT2D eigenvalue weighted by molar-refractivity contribution is 5.32. The van der Waals surface area contributed by atoms with Gasteiger partial charge in [-0.1, -0.05) is 12.1 Å². The second-order valence-electron chi connectivity index (χ2n) is 4.22. The molecule has 18 heavy (non-hydrogen) atoms. The molecule has 0 aliphatic heterocycles. The summed E-state index contributed by atoms with van der Waals surface area (Å²) in [6.45, 7) is 1.66. The summed E-state index contributed by atoms with van der Waals surface area (Å²) in [6, 6.07) is 11.8. The molecule has 0 bridgehead atoms. The van der Waals surface area contributed by atoms with Gasteiger partial charge in [-0.25, -0.2) is 0 Å². The van der Waals surface area contributed by atoms with Gasteiger partial charge < -0.3 is 5.32 Å². The van der Waals surface area contributed by atoms with Gasteiger partial charge in [-0.3, -0.25) is 4.68 Å². The molecule has 4 nitrogen and oxygen atoms in total. The molecule has 0 saturated heterocycles.